The van der Waals surface area contributed by atoms with Gasteiger partial charge in [0.15, 0.2) is 0 Å². The van der Waals surface area contributed by atoms with E-state index in [1.165, 1.54) is 25.7 Å². The summed E-state index contributed by atoms with van der Waals surface area (Å²) in [5, 5.41) is 13.2. The van der Waals surface area contributed by atoms with Gasteiger partial charge in [-0.2, -0.15) is 0 Å². The summed E-state index contributed by atoms with van der Waals surface area (Å²) in [4.78, 5) is 4.00. The zero-order valence-electron chi connectivity index (χ0n) is 11.9. The summed E-state index contributed by atoms with van der Waals surface area (Å²) >= 11 is 5.95. The van der Waals surface area contributed by atoms with Gasteiger partial charge in [-0.25, -0.2) is 4.98 Å². The maximum Gasteiger partial charge on any atom is 0.131 e. The fourth-order valence-electron chi connectivity index (χ4n) is 2.81. The van der Waals surface area contributed by atoms with E-state index < -0.39 is 5.44 Å². The molecule has 1 aliphatic rings. The van der Waals surface area contributed by atoms with E-state index >= 15 is 0 Å². The Balaban J connectivity index is 2.14. The Morgan fingerprint density at radius 2 is 1.80 bits per heavy atom. The van der Waals surface area contributed by atoms with E-state index in [0.29, 0.717) is 5.15 Å². The highest BCUT2D eigenvalue weighted by Gasteiger charge is 2.24. The summed E-state index contributed by atoms with van der Waals surface area (Å²) in [5.41, 5.74) is 1.12. The molecule has 2 rings (SSSR count). The van der Waals surface area contributed by atoms with Gasteiger partial charge in [-0.15, -0.1) is 0 Å². The third-order valence-corrected chi connectivity index (χ3v) is 4.21. The van der Waals surface area contributed by atoms with Crippen molar-refractivity contribution in [1.82, 2.24) is 4.98 Å². The molecule has 3 nitrogen and oxygen atoms in total. The number of nitrogens with one attached hydrogen (secondary N) is 1. The van der Waals surface area contributed by atoms with Crippen molar-refractivity contribution in [2.24, 2.45) is 0 Å². The molecule has 0 atom stereocenters. The van der Waals surface area contributed by atoms with Crippen LogP contribution in [0.3, 0.4) is 0 Å². The van der Waals surface area contributed by atoms with Gasteiger partial charge >= 0.3 is 0 Å². The van der Waals surface area contributed by atoms with Gasteiger partial charge in [0.1, 0.15) is 13.0 Å². The Kier molecular flexibility index (Phi) is 5.73. The summed E-state index contributed by atoms with van der Waals surface area (Å²) in [6, 6.07) is 1.74. The Bertz CT molecular complexity index is 432. The molecular formula is C15H22BClN2O. The second-order valence-electron chi connectivity index (χ2n) is 5.72. The lowest BCUT2D eigenvalue weighted by atomic mass is 9.70. The molecule has 0 bridgehead atoms. The number of anilines is 1. The molecule has 2 radical (unpaired) electrons. The molecule has 1 aromatic rings. The molecule has 1 saturated carbocycles. The van der Waals surface area contributed by atoms with Crippen molar-refractivity contribution in [2.75, 3.05) is 5.32 Å². The molecule has 0 spiro atoms. The van der Waals surface area contributed by atoms with Crippen LogP contribution in [0, 0.1) is 0 Å². The molecule has 2 N–H and O–H groups in total. The molecule has 0 amide bonds. The summed E-state index contributed by atoms with van der Waals surface area (Å²) < 4.78 is 0. The van der Waals surface area contributed by atoms with Crippen LogP contribution in [-0.2, 0) is 6.61 Å². The molecule has 20 heavy (non-hydrogen) atoms. The second kappa shape index (κ2) is 7.32. The minimum Gasteiger partial charge on any atom is -0.392 e. The van der Waals surface area contributed by atoms with Crippen molar-refractivity contribution in [2.45, 2.75) is 63.4 Å². The topological polar surface area (TPSA) is 45.2 Å². The minimum atomic E-state index is -0.418. The van der Waals surface area contributed by atoms with Crippen LogP contribution in [0.5, 0.6) is 0 Å². The van der Waals surface area contributed by atoms with E-state index in [9.17, 15) is 5.11 Å². The average Bonchev–Trinajstić information content (AvgIpc) is 2.51. The SMILES string of the molecule is [B]C1(Nc2cc(Cl)ncc2CO)CCCCCCCC1. The van der Waals surface area contributed by atoms with Gasteiger partial charge in [-0.1, -0.05) is 50.1 Å². The number of hydrogen-bond donors (Lipinski definition) is 2. The molecule has 1 aliphatic carbocycles. The van der Waals surface area contributed by atoms with Crippen molar-refractivity contribution >= 4 is 25.1 Å². The number of aliphatic hydroxyl groups is 1. The van der Waals surface area contributed by atoms with Crippen LogP contribution in [0.2, 0.25) is 5.15 Å². The molecule has 108 valence electrons. The van der Waals surface area contributed by atoms with E-state index in [2.05, 4.69) is 10.3 Å². The number of pyridine rings is 1. The summed E-state index contributed by atoms with van der Waals surface area (Å²) in [5.74, 6) is 0. The third kappa shape index (κ3) is 4.39. The first-order valence-corrected chi connectivity index (χ1v) is 7.83. The van der Waals surface area contributed by atoms with E-state index in [-0.39, 0.29) is 6.61 Å². The van der Waals surface area contributed by atoms with Crippen molar-refractivity contribution in [3.8, 4) is 0 Å². The molecule has 0 unspecified atom stereocenters. The van der Waals surface area contributed by atoms with Gasteiger partial charge in [0.05, 0.1) is 6.61 Å². The van der Waals surface area contributed by atoms with Crippen LogP contribution in [0.15, 0.2) is 12.3 Å². The molecule has 0 aliphatic heterocycles. The largest absolute Gasteiger partial charge is 0.392 e. The second-order valence-corrected chi connectivity index (χ2v) is 6.11. The van der Waals surface area contributed by atoms with Crippen LogP contribution in [0.4, 0.5) is 5.69 Å². The van der Waals surface area contributed by atoms with Crippen LogP contribution in [0.25, 0.3) is 0 Å². The average molecular weight is 293 g/mol. The van der Waals surface area contributed by atoms with Crippen molar-refractivity contribution in [3.05, 3.63) is 23.0 Å². The van der Waals surface area contributed by atoms with Crippen LogP contribution >= 0.6 is 11.6 Å². The lowest BCUT2D eigenvalue weighted by Gasteiger charge is -2.33. The molecule has 0 saturated heterocycles. The Morgan fingerprint density at radius 1 is 1.20 bits per heavy atom. The first-order valence-electron chi connectivity index (χ1n) is 7.45. The maximum atomic E-state index is 9.40. The van der Waals surface area contributed by atoms with Crippen LogP contribution in [0.1, 0.15) is 56.9 Å². The van der Waals surface area contributed by atoms with Crippen LogP contribution in [-0.4, -0.2) is 23.4 Å². The highest BCUT2D eigenvalue weighted by Crippen LogP contribution is 2.29. The lowest BCUT2D eigenvalue weighted by Crippen LogP contribution is -2.39. The summed E-state index contributed by atoms with van der Waals surface area (Å²) in [6.07, 6.45) is 10.8. The van der Waals surface area contributed by atoms with Gasteiger partial charge < -0.3 is 10.4 Å². The predicted octanol–water partition coefficient (Wildman–Crippen LogP) is 3.64. The van der Waals surface area contributed by atoms with E-state index in [1.54, 1.807) is 12.3 Å². The third-order valence-electron chi connectivity index (χ3n) is 4.00. The summed E-state index contributed by atoms with van der Waals surface area (Å²) in [7, 11) is 6.55. The van der Waals surface area contributed by atoms with E-state index in [0.717, 1.165) is 36.9 Å². The zero-order chi connectivity index (χ0) is 14.4. The van der Waals surface area contributed by atoms with E-state index in [1.807, 2.05) is 0 Å². The van der Waals surface area contributed by atoms with Gasteiger partial charge in [-0.05, 0) is 24.3 Å². The first kappa shape index (κ1) is 15.6. The quantitative estimate of drug-likeness (QED) is 0.660. The Hall–Kier alpha value is -0.735. The Labute approximate surface area is 127 Å². The van der Waals surface area contributed by atoms with E-state index in [4.69, 9.17) is 19.4 Å². The predicted molar refractivity (Wildman–Crippen MR) is 84.2 cm³/mol. The molecule has 1 fully saturated rings. The highest BCUT2D eigenvalue weighted by atomic mass is 35.5. The normalized spacial score (nSPS) is 19.7. The lowest BCUT2D eigenvalue weighted by molar-refractivity contribution is 0.282. The van der Waals surface area contributed by atoms with Crippen molar-refractivity contribution in [1.29, 1.82) is 0 Å². The number of rotatable bonds is 3. The highest BCUT2D eigenvalue weighted by molar-refractivity contribution is 6.29. The van der Waals surface area contributed by atoms with Gasteiger partial charge in [0.2, 0.25) is 0 Å². The monoisotopic (exact) mass is 292 g/mol. The van der Waals surface area contributed by atoms with Crippen LogP contribution < -0.4 is 5.32 Å². The fraction of sp³-hybridized carbons (Fsp3) is 0.667. The molecule has 1 aromatic heterocycles. The van der Waals surface area contributed by atoms with Crippen molar-refractivity contribution in [3.63, 3.8) is 0 Å². The number of halogens is 1. The number of aromatic nitrogens is 1. The Morgan fingerprint density at radius 3 is 2.40 bits per heavy atom. The number of hydrogen-bond acceptors (Lipinski definition) is 3. The van der Waals surface area contributed by atoms with Gasteiger partial charge in [0.25, 0.3) is 0 Å². The molecule has 5 heteroatoms. The smallest absolute Gasteiger partial charge is 0.131 e. The summed E-state index contributed by atoms with van der Waals surface area (Å²) in [6.45, 7) is -0.0669. The van der Waals surface area contributed by atoms with Gasteiger partial charge in [-0.3, -0.25) is 0 Å². The van der Waals surface area contributed by atoms with Crippen molar-refractivity contribution < 1.29 is 5.11 Å². The number of aliphatic hydroxyl groups excluding tert-OH is 1. The fourth-order valence-corrected chi connectivity index (χ4v) is 2.96. The minimum absolute atomic E-state index is 0.0669. The molecule has 0 aromatic carbocycles. The number of nitrogens with zero attached hydrogens (tertiary/aromatic N) is 1. The maximum absolute atomic E-state index is 9.40. The standard InChI is InChI=1S/C15H22BClN2O/c16-15(7-5-3-1-2-4-6-8-15)19-13-9-14(17)18-10-12(13)11-20/h9-10,20H,1-8,11H2,(H,18,19). The molecular weight excluding hydrogens is 270 g/mol. The first-order chi connectivity index (χ1) is 9.63. The zero-order valence-corrected chi connectivity index (χ0v) is 12.6. The molecule has 1 heterocycles. The van der Waals surface area contributed by atoms with Gasteiger partial charge in [0, 0.05) is 17.4 Å².